The molecule has 0 amide bonds. The third-order valence-electron chi connectivity index (χ3n) is 3.44. The van der Waals surface area contributed by atoms with Crippen LogP contribution in [0.15, 0.2) is 54.3 Å². The van der Waals surface area contributed by atoms with Crippen molar-refractivity contribution < 1.29 is 28.5 Å². The van der Waals surface area contributed by atoms with E-state index in [0.29, 0.717) is 18.8 Å². The summed E-state index contributed by atoms with van der Waals surface area (Å²) < 4.78 is 20.2. The zero-order valence-corrected chi connectivity index (χ0v) is 16.6. The van der Waals surface area contributed by atoms with Crippen molar-refractivity contribution in [1.29, 1.82) is 0 Å². The van der Waals surface area contributed by atoms with Gasteiger partial charge in [0.15, 0.2) is 0 Å². The Kier molecular flexibility index (Phi) is 10.5. The van der Waals surface area contributed by atoms with Crippen LogP contribution in [0.4, 0.5) is 0 Å². The summed E-state index contributed by atoms with van der Waals surface area (Å²) in [5, 5.41) is 0. The van der Waals surface area contributed by atoms with Crippen LogP contribution in [0.2, 0.25) is 0 Å². The molecular weight excluding hydrogens is 360 g/mol. The molecule has 2 aromatic rings. The topological polar surface area (TPSA) is 71.1 Å². The molecule has 0 aliphatic carbocycles. The third-order valence-corrected chi connectivity index (χ3v) is 3.44. The summed E-state index contributed by atoms with van der Waals surface area (Å²) in [4.78, 5) is 21.8. The van der Waals surface area contributed by atoms with E-state index in [1.54, 1.807) is 51.5 Å². The van der Waals surface area contributed by atoms with Gasteiger partial charge in [-0.1, -0.05) is 12.1 Å². The summed E-state index contributed by atoms with van der Waals surface area (Å²) in [6.07, 6.45) is 2.46. The van der Waals surface area contributed by atoms with Gasteiger partial charge in [0.2, 0.25) is 5.76 Å². The van der Waals surface area contributed by atoms with E-state index in [-0.39, 0.29) is 5.76 Å². The van der Waals surface area contributed by atoms with E-state index in [1.807, 2.05) is 31.2 Å². The van der Waals surface area contributed by atoms with Crippen LogP contribution in [0.25, 0.3) is 6.08 Å². The van der Waals surface area contributed by atoms with Crippen LogP contribution in [0, 0.1) is 0 Å². The normalized spacial score (nSPS) is 10.2. The van der Waals surface area contributed by atoms with Gasteiger partial charge < -0.3 is 18.9 Å². The Morgan fingerprint density at radius 1 is 0.786 bits per heavy atom. The Bertz CT molecular complexity index is 748. The van der Waals surface area contributed by atoms with E-state index in [2.05, 4.69) is 0 Å². The Balaban J connectivity index is 0.000000330. The Morgan fingerprint density at radius 2 is 1.25 bits per heavy atom. The number of rotatable bonds is 8. The highest BCUT2D eigenvalue weighted by Gasteiger charge is 2.11. The first-order chi connectivity index (χ1) is 13.6. The molecule has 0 N–H and O–H groups in total. The van der Waals surface area contributed by atoms with Gasteiger partial charge in [0.25, 0.3) is 0 Å². The number of carbonyl (C=O) groups excluding carboxylic acids is 2. The lowest BCUT2D eigenvalue weighted by Crippen LogP contribution is -2.10. The fraction of sp³-hybridized carbons (Fsp3) is 0.273. The zero-order valence-electron chi connectivity index (χ0n) is 16.6. The van der Waals surface area contributed by atoms with Crippen LogP contribution in [-0.2, 0) is 14.3 Å². The van der Waals surface area contributed by atoms with Crippen LogP contribution in [0.3, 0.4) is 0 Å². The summed E-state index contributed by atoms with van der Waals surface area (Å²) in [5.74, 6) is 1.30. The lowest BCUT2D eigenvalue weighted by atomic mass is 10.2. The van der Waals surface area contributed by atoms with Gasteiger partial charge in [-0.3, -0.25) is 4.79 Å². The molecule has 0 saturated carbocycles. The summed E-state index contributed by atoms with van der Waals surface area (Å²) in [5.41, 5.74) is 1.52. The predicted molar refractivity (Wildman–Crippen MR) is 108 cm³/mol. The molecule has 0 atom stereocenters. The summed E-state index contributed by atoms with van der Waals surface area (Å²) in [6.45, 7) is 4.32. The first kappa shape index (κ1) is 22.8. The molecule has 6 heteroatoms. The standard InChI is InChI=1S/C14H18O4.C8H8O2/c1-4-17-13(14(15)18-5-2)10-11-6-8-12(16-3)9-7-11;1-10-8-4-2-7(6-9)3-5-8/h6-10H,4-5H2,1-3H3;2-6H,1H3. The van der Waals surface area contributed by atoms with Crippen LogP contribution in [0.1, 0.15) is 29.8 Å². The van der Waals surface area contributed by atoms with Gasteiger partial charge in [0.1, 0.15) is 17.8 Å². The second kappa shape index (κ2) is 13.0. The molecular formula is C22H26O6. The smallest absolute Gasteiger partial charge is 0.373 e. The van der Waals surface area contributed by atoms with Crippen molar-refractivity contribution in [2.45, 2.75) is 13.8 Å². The minimum Gasteiger partial charge on any atom is -0.497 e. The minimum absolute atomic E-state index is 0.213. The SMILES string of the molecule is CCOC(=O)C(=Cc1ccc(OC)cc1)OCC.COc1ccc(C=O)cc1. The number of benzene rings is 2. The minimum atomic E-state index is -0.449. The quantitative estimate of drug-likeness (QED) is 0.294. The van der Waals surface area contributed by atoms with Crippen molar-refractivity contribution in [3.05, 3.63) is 65.4 Å². The Hall–Kier alpha value is -3.28. The van der Waals surface area contributed by atoms with Crippen molar-refractivity contribution in [1.82, 2.24) is 0 Å². The highest BCUT2D eigenvalue weighted by atomic mass is 16.6. The van der Waals surface area contributed by atoms with E-state index < -0.39 is 5.97 Å². The highest BCUT2D eigenvalue weighted by Crippen LogP contribution is 2.15. The number of carbonyl (C=O) groups is 2. The largest absolute Gasteiger partial charge is 0.497 e. The maximum atomic E-state index is 11.6. The monoisotopic (exact) mass is 386 g/mol. The lowest BCUT2D eigenvalue weighted by molar-refractivity contribution is -0.142. The molecule has 0 fully saturated rings. The van der Waals surface area contributed by atoms with Gasteiger partial charge in [-0.25, -0.2) is 4.79 Å². The number of aldehydes is 1. The third kappa shape index (κ3) is 7.95. The van der Waals surface area contributed by atoms with E-state index in [4.69, 9.17) is 18.9 Å². The summed E-state index contributed by atoms with van der Waals surface area (Å²) in [6, 6.07) is 14.3. The molecule has 28 heavy (non-hydrogen) atoms. The van der Waals surface area contributed by atoms with Crippen molar-refractivity contribution in [2.75, 3.05) is 27.4 Å². The molecule has 0 aromatic heterocycles. The average molecular weight is 386 g/mol. The molecule has 0 radical (unpaired) electrons. The number of methoxy groups -OCH3 is 2. The maximum Gasteiger partial charge on any atom is 0.373 e. The van der Waals surface area contributed by atoms with E-state index >= 15 is 0 Å². The highest BCUT2D eigenvalue weighted by molar-refractivity contribution is 5.91. The van der Waals surface area contributed by atoms with Gasteiger partial charge >= 0.3 is 5.97 Å². The molecule has 0 spiro atoms. The van der Waals surface area contributed by atoms with Crippen molar-refractivity contribution in [3.8, 4) is 11.5 Å². The van der Waals surface area contributed by atoms with E-state index in [0.717, 1.165) is 23.3 Å². The number of ether oxygens (including phenoxy) is 4. The number of esters is 1. The van der Waals surface area contributed by atoms with E-state index in [1.165, 1.54) is 0 Å². The van der Waals surface area contributed by atoms with Gasteiger partial charge in [-0.15, -0.1) is 0 Å². The molecule has 6 nitrogen and oxygen atoms in total. The predicted octanol–water partition coefficient (Wildman–Crippen LogP) is 4.14. The van der Waals surface area contributed by atoms with Gasteiger partial charge in [0.05, 0.1) is 27.4 Å². The Morgan fingerprint density at radius 3 is 1.64 bits per heavy atom. The number of hydrogen-bond acceptors (Lipinski definition) is 6. The van der Waals surface area contributed by atoms with Gasteiger partial charge in [-0.2, -0.15) is 0 Å². The molecule has 0 heterocycles. The Labute approximate surface area is 165 Å². The second-order valence-corrected chi connectivity index (χ2v) is 5.33. The second-order valence-electron chi connectivity index (χ2n) is 5.33. The number of hydrogen-bond donors (Lipinski definition) is 0. The van der Waals surface area contributed by atoms with Crippen molar-refractivity contribution in [2.24, 2.45) is 0 Å². The van der Waals surface area contributed by atoms with Crippen molar-refractivity contribution >= 4 is 18.3 Å². The molecule has 0 aliphatic heterocycles. The molecule has 0 unspecified atom stereocenters. The van der Waals surface area contributed by atoms with E-state index in [9.17, 15) is 9.59 Å². The molecule has 0 saturated heterocycles. The van der Waals surface area contributed by atoms with Gasteiger partial charge in [0, 0.05) is 5.56 Å². The summed E-state index contributed by atoms with van der Waals surface area (Å²) in [7, 11) is 3.20. The van der Waals surface area contributed by atoms with Gasteiger partial charge in [-0.05, 0) is 61.9 Å². The molecule has 150 valence electrons. The van der Waals surface area contributed by atoms with Crippen LogP contribution in [0.5, 0.6) is 11.5 Å². The molecule has 0 bridgehead atoms. The van der Waals surface area contributed by atoms with Crippen LogP contribution >= 0.6 is 0 Å². The first-order valence-electron chi connectivity index (χ1n) is 8.82. The molecule has 0 aliphatic rings. The maximum absolute atomic E-state index is 11.6. The lowest BCUT2D eigenvalue weighted by Gasteiger charge is -2.07. The fourth-order valence-corrected chi connectivity index (χ4v) is 2.05. The zero-order chi connectivity index (χ0) is 20.8. The summed E-state index contributed by atoms with van der Waals surface area (Å²) >= 11 is 0. The van der Waals surface area contributed by atoms with Crippen LogP contribution in [-0.4, -0.2) is 39.7 Å². The first-order valence-corrected chi connectivity index (χ1v) is 8.82. The van der Waals surface area contributed by atoms with Crippen molar-refractivity contribution in [3.63, 3.8) is 0 Å². The molecule has 2 rings (SSSR count). The average Bonchev–Trinajstić information content (AvgIpc) is 2.74. The fourth-order valence-electron chi connectivity index (χ4n) is 2.05. The van der Waals surface area contributed by atoms with Crippen LogP contribution < -0.4 is 9.47 Å². The molecule has 2 aromatic carbocycles.